The molecule has 0 atom stereocenters. The van der Waals surface area contributed by atoms with Crippen LogP contribution >= 0.6 is 0 Å². The fourth-order valence-electron chi connectivity index (χ4n) is 3.27. The number of methoxy groups -OCH3 is 1. The van der Waals surface area contributed by atoms with Crippen molar-refractivity contribution in [2.24, 2.45) is 5.41 Å². The smallest absolute Gasteiger partial charge is 0.252 e. The lowest BCUT2D eigenvalue weighted by Crippen LogP contribution is -2.28. The number of Topliss-reactive ketones (excluding diaryl/α,β-unsaturated/α-hetero) is 1. The van der Waals surface area contributed by atoms with Crippen molar-refractivity contribution in [2.75, 3.05) is 25.6 Å². The van der Waals surface area contributed by atoms with Gasteiger partial charge in [0, 0.05) is 20.1 Å². The highest BCUT2D eigenvalue weighted by Crippen LogP contribution is 2.36. The molecule has 0 saturated heterocycles. The first-order chi connectivity index (χ1) is 12.4. The Kier molecular flexibility index (Phi) is 4.74. The number of aryl methyl sites for hydroxylation is 1. The largest absolute Gasteiger partial charge is 0.383 e. The topological polar surface area (TPSA) is 106 Å². The summed E-state index contributed by atoms with van der Waals surface area (Å²) in [4.78, 5) is 21.3. The Balaban J connectivity index is 2.05. The Hall–Kier alpha value is -2.79. The molecule has 1 N–H and O–H groups in total. The molecule has 1 aliphatic carbocycles. The van der Waals surface area contributed by atoms with Gasteiger partial charge in [0.05, 0.1) is 29.8 Å². The van der Waals surface area contributed by atoms with Crippen molar-refractivity contribution in [2.45, 2.75) is 33.6 Å². The molecule has 0 saturated carbocycles. The Morgan fingerprint density at radius 1 is 1.42 bits per heavy atom. The van der Waals surface area contributed by atoms with Crippen LogP contribution in [0.3, 0.4) is 0 Å². The molecule has 0 fully saturated rings. The maximum Gasteiger partial charge on any atom is 0.252 e. The van der Waals surface area contributed by atoms with Crippen LogP contribution in [-0.4, -0.2) is 45.8 Å². The van der Waals surface area contributed by atoms with E-state index in [0.29, 0.717) is 54.6 Å². The van der Waals surface area contributed by atoms with Crippen LogP contribution in [0.15, 0.2) is 6.20 Å². The van der Waals surface area contributed by atoms with Crippen LogP contribution < -0.4 is 5.32 Å². The molecule has 2 heterocycles. The zero-order valence-corrected chi connectivity index (χ0v) is 15.5. The van der Waals surface area contributed by atoms with Gasteiger partial charge in [0.1, 0.15) is 17.5 Å². The predicted octanol–water partition coefficient (Wildman–Crippen LogP) is 2.06. The number of nitrogens with one attached hydrogen (secondary N) is 1. The third-order valence-electron chi connectivity index (χ3n) is 4.40. The number of hydrogen-bond acceptors (Lipinski definition) is 7. The summed E-state index contributed by atoms with van der Waals surface area (Å²) in [5, 5.41) is 16.9. The first-order valence-corrected chi connectivity index (χ1v) is 8.48. The zero-order valence-electron chi connectivity index (χ0n) is 15.5. The number of fused-ring (bicyclic) bond motifs is 1. The van der Waals surface area contributed by atoms with E-state index in [0.717, 1.165) is 5.69 Å². The molecule has 2 aromatic rings. The standard InChI is InChI=1S/C18H22N6O2/c1-11-15-13(7-18(2,3)8-14(15)25)24(23-11)17-21-10-12(9-19)16(22-17)20-5-6-26-4/h10H,5-8H2,1-4H3,(H,20,21,22). The van der Waals surface area contributed by atoms with Gasteiger partial charge in [-0.15, -0.1) is 0 Å². The first-order valence-electron chi connectivity index (χ1n) is 8.48. The maximum atomic E-state index is 12.5. The van der Waals surface area contributed by atoms with Crippen molar-refractivity contribution in [1.82, 2.24) is 19.7 Å². The minimum Gasteiger partial charge on any atom is -0.383 e. The van der Waals surface area contributed by atoms with E-state index < -0.39 is 0 Å². The number of nitriles is 1. The van der Waals surface area contributed by atoms with Crippen molar-refractivity contribution in [3.8, 4) is 12.0 Å². The van der Waals surface area contributed by atoms with E-state index in [1.165, 1.54) is 6.20 Å². The molecular formula is C18H22N6O2. The van der Waals surface area contributed by atoms with Crippen molar-refractivity contribution < 1.29 is 9.53 Å². The molecule has 1 aliphatic rings. The van der Waals surface area contributed by atoms with Gasteiger partial charge in [0.15, 0.2) is 5.78 Å². The van der Waals surface area contributed by atoms with Gasteiger partial charge in [-0.1, -0.05) is 13.8 Å². The average Bonchev–Trinajstić information content (AvgIpc) is 2.90. The van der Waals surface area contributed by atoms with Crippen LogP contribution in [0.2, 0.25) is 0 Å². The van der Waals surface area contributed by atoms with Crippen LogP contribution in [0.1, 0.15) is 47.6 Å². The third kappa shape index (κ3) is 3.30. The molecule has 3 rings (SSSR count). The highest BCUT2D eigenvalue weighted by molar-refractivity contribution is 5.99. The van der Waals surface area contributed by atoms with Gasteiger partial charge in [0.25, 0.3) is 5.95 Å². The second-order valence-corrected chi connectivity index (χ2v) is 7.22. The summed E-state index contributed by atoms with van der Waals surface area (Å²) in [7, 11) is 1.61. The van der Waals surface area contributed by atoms with Crippen molar-refractivity contribution in [3.05, 3.63) is 28.7 Å². The summed E-state index contributed by atoms with van der Waals surface area (Å²) in [6.07, 6.45) is 2.69. The Morgan fingerprint density at radius 2 is 2.19 bits per heavy atom. The Labute approximate surface area is 152 Å². The lowest BCUT2D eigenvalue weighted by atomic mass is 9.75. The molecule has 0 bridgehead atoms. The van der Waals surface area contributed by atoms with E-state index in [4.69, 9.17) is 4.74 Å². The molecule has 0 spiro atoms. The number of aromatic nitrogens is 4. The van der Waals surface area contributed by atoms with E-state index in [1.807, 2.05) is 6.92 Å². The van der Waals surface area contributed by atoms with Crippen LogP contribution in [-0.2, 0) is 11.2 Å². The molecule has 0 radical (unpaired) electrons. The number of carbonyl (C=O) groups excluding carboxylic acids is 1. The minimum absolute atomic E-state index is 0.104. The van der Waals surface area contributed by atoms with Gasteiger partial charge in [-0.05, 0) is 18.8 Å². The molecule has 8 nitrogen and oxygen atoms in total. The van der Waals surface area contributed by atoms with Crippen LogP contribution in [0.4, 0.5) is 5.82 Å². The summed E-state index contributed by atoms with van der Waals surface area (Å²) in [5.74, 6) is 0.878. The number of carbonyl (C=O) groups is 1. The number of anilines is 1. The molecule has 8 heteroatoms. The predicted molar refractivity (Wildman–Crippen MR) is 95.4 cm³/mol. The monoisotopic (exact) mass is 354 g/mol. The summed E-state index contributed by atoms with van der Waals surface area (Å²) in [6, 6.07) is 2.08. The molecule has 0 amide bonds. The maximum absolute atomic E-state index is 12.5. The summed E-state index contributed by atoms with van der Waals surface area (Å²) < 4.78 is 6.65. The fourth-order valence-corrected chi connectivity index (χ4v) is 3.27. The molecule has 2 aromatic heterocycles. The van der Waals surface area contributed by atoms with Crippen molar-refractivity contribution >= 4 is 11.6 Å². The van der Waals surface area contributed by atoms with Crippen LogP contribution in [0.5, 0.6) is 0 Å². The second-order valence-electron chi connectivity index (χ2n) is 7.22. The van der Waals surface area contributed by atoms with E-state index in [-0.39, 0.29) is 11.2 Å². The number of ether oxygens (including phenoxy) is 1. The number of nitrogens with zero attached hydrogens (tertiary/aromatic N) is 5. The average molecular weight is 354 g/mol. The normalized spacial score (nSPS) is 15.4. The van der Waals surface area contributed by atoms with Crippen molar-refractivity contribution in [3.63, 3.8) is 0 Å². The molecular weight excluding hydrogens is 332 g/mol. The van der Waals surface area contributed by atoms with Gasteiger partial charge >= 0.3 is 0 Å². The summed E-state index contributed by atoms with van der Waals surface area (Å²) in [5.41, 5.74) is 2.39. The van der Waals surface area contributed by atoms with Gasteiger partial charge in [-0.25, -0.2) is 9.67 Å². The Morgan fingerprint density at radius 3 is 2.88 bits per heavy atom. The molecule has 26 heavy (non-hydrogen) atoms. The quantitative estimate of drug-likeness (QED) is 0.819. The number of ketones is 1. The number of hydrogen-bond donors (Lipinski definition) is 1. The van der Waals surface area contributed by atoms with Crippen LogP contribution in [0, 0.1) is 23.7 Å². The molecule has 0 unspecified atom stereocenters. The third-order valence-corrected chi connectivity index (χ3v) is 4.40. The highest BCUT2D eigenvalue weighted by Gasteiger charge is 2.36. The first kappa shape index (κ1) is 18.0. The van der Waals surface area contributed by atoms with E-state index in [9.17, 15) is 10.1 Å². The molecule has 0 aliphatic heterocycles. The second kappa shape index (κ2) is 6.84. The Bertz CT molecular complexity index is 894. The summed E-state index contributed by atoms with van der Waals surface area (Å²) in [6.45, 7) is 6.97. The van der Waals surface area contributed by atoms with Crippen molar-refractivity contribution in [1.29, 1.82) is 5.26 Å². The SMILES string of the molecule is COCCNc1nc(-n2nc(C)c3c2CC(C)(C)CC3=O)ncc1C#N. The minimum atomic E-state index is -0.138. The molecule has 0 aromatic carbocycles. The van der Waals surface area contributed by atoms with E-state index in [1.54, 1.807) is 11.8 Å². The van der Waals surface area contributed by atoms with Gasteiger partial charge in [-0.2, -0.15) is 15.3 Å². The van der Waals surface area contributed by atoms with Crippen LogP contribution in [0.25, 0.3) is 5.95 Å². The van der Waals surface area contributed by atoms with E-state index in [2.05, 4.69) is 40.3 Å². The highest BCUT2D eigenvalue weighted by atomic mass is 16.5. The fraction of sp³-hybridized carbons (Fsp3) is 0.500. The molecule has 136 valence electrons. The van der Waals surface area contributed by atoms with Gasteiger partial charge in [-0.3, -0.25) is 4.79 Å². The van der Waals surface area contributed by atoms with E-state index >= 15 is 0 Å². The zero-order chi connectivity index (χ0) is 18.9. The lowest BCUT2D eigenvalue weighted by molar-refractivity contribution is 0.0910. The lowest BCUT2D eigenvalue weighted by Gasteiger charge is -2.28. The van der Waals surface area contributed by atoms with Gasteiger partial charge in [0.2, 0.25) is 0 Å². The number of rotatable bonds is 5. The summed E-state index contributed by atoms with van der Waals surface area (Å²) >= 11 is 0. The van der Waals surface area contributed by atoms with Gasteiger partial charge < -0.3 is 10.1 Å².